The maximum atomic E-state index is 12.1. The Balaban J connectivity index is 1.76. The molecule has 0 spiro atoms. The predicted octanol–water partition coefficient (Wildman–Crippen LogP) is 2.54. The van der Waals surface area contributed by atoms with Gasteiger partial charge in [-0.15, -0.1) is 0 Å². The first-order chi connectivity index (χ1) is 15.9. The van der Waals surface area contributed by atoms with E-state index in [0.717, 1.165) is 0 Å². The molecule has 6 N–H and O–H groups in total. The van der Waals surface area contributed by atoms with E-state index >= 15 is 0 Å². The Labute approximate surface area is 200 Å². The van der Waals surface area contributed by atoms with Crippen LogP contribution >= 0.6 is 15.9 Å². The van der Waals surface area contributed by atoms with Crippen molar-refractivity contribution in [2.45, 2.75) is 12.5 Å². The van der Waals surface area contributed by atoms with Crippen LogP contribution in [0.25, 0.3) is 5.70 Å². The van der Waals surface area contributed by atoms with Gasteiger partial charge < -0.3 is 26.8 Å². The minimum Gasteiger partial charge on any atom is -0.457 e. The normalized spacial score (nSPS) is 17.2. The summed E-state index contributed by atoms with van der Waals surface area (Å²) >= 11 is 3.25. The van der Waals surface area contributed by atoms with Crippen molar-refractivity contribution in [1.82, 2.24) is 4.90 Å². The molecule has 9 heteroatoms. The van der Waals surface area contributed by atoms with Gasteiger partial charge in [0.05, 0.1) is 11.7 Å². The molecular formula is C24H26BrN5O3. The first-order valence-electron chi connectivity index (χ1n) is 10.4. The van der Waals surface area contributed by atoms with Crippen LogP contribution in [-0.2, 0) is 9.59 Å². The lowest BCUT2D eigenvalue weighted by molar-refractivity contribution is -0.125. The summed E-state index contributed by atoms with van der Waals surface area (Å²) in [6.45, 7) is 0.963. The molecule has 1 unspecified atom stereocenters. The monoisotopic (exact) mass is 511 g/mol. The maximum Gasteiger partial charge on any atom is 0.254 e. The molecule has 0 aliphatic carbocycles. The highest BCUT2D eigenvalue weighted by Gasteiger charge is 2.26. The molecule has 1 fully saturated rings. The zero-order chi connectivity index (χ0) is 23.8. The molecule has 1 heterocycles. The number of halogens is 1. The number of rotatable bonds is 8. The molecule has 0 aromatic heterocycles. The standard InChI is InChI=1S/C24H26BrN5O3/c25-13-4-7-20(31)30-14-12-17(15-30)29-23(27)21(24(28)32)22(26)16-8-10-19(11-9-16)33-18-5-2-1-3-6-18/h1-11,17H,12-15,26H2,(H2,27,29)(H2,28,32)/b7-4+,22-21?. The van der Waals surface area contributed by atoms with E-state index in [1.807, 2.05) is 30.3 Å². The van der Waals surface area contributed by atoms with Crippen LogP contribution in [0.3, 0.4) is 0 Å². The van der Waals surface area contributed by atoms with Crippen LogP contribution in [0.15, 0.2) is 77.3 Å². The van der Waals surface area contributed by atoms with Crippen molar-refractivity contribution in [3.05, 3.63) is 77.9 Å². The van der Waals surface area contributed by atoms with Gasteiger partial charge in [-0.05, 0) is 54.5 Å². The largest absolute Gasteiger partial charge is 0.457 e. The van der Waals surface area contributed by atoms with Crippen molar-refractivity contribution in [3.63, 3.8) is 0 Å². The second-order valence-corrected chi connectivity index (χ2v) is 8.04. The highest BCUT2D eigenvalue weighted by molar-refractivity contribution is 9.09. The second-order valence-electron chi connectivity index (χ2n) is 7.39. The maximum absolute atomic E-state index is 12.1. The Hall–Kier alpha value is -3.59. The number of nitrogens with two attached hydrogens (primary N) is 3. The van der Waals surface area contributed by atoms with Crippen LogP contribution in [-0.4, -0.2) is 47.0 Å². The highest BCUT2D eigenvalue weighted by Crippen LogP contribution is 2.24. The van der Waals surface area contributed by atoms with E-state index in [9.17, 15) is 9.59 Å². The van der Waals surface area contributed by atoms with Crippen molar-refractivity contribution in [3.8, 4) is 11.5 Å². The fourth-order valence-electron chi connectivity index (χ4n) is 3.43. The number of nitrogens with zero attached hydrogens (tertiary/aromatic N) is 2. The number of amides is 2. The van der Waals surface area contributed by atoms with Crippen molar-refractivity contribution >= 4 is 39.3 Å². The van der Waals surface area contributed by atoms with E-state index in [2.05, 4.69) is 20.9 Å². The number of aliphatic imine (C=N–C) groups is 1. The van der Waals surface area contributed by atoms with Crippen molar-refractivity contribution in [2.75, 3.05) is 18.4 Å². The molecular weight excluding hydrogens is 486 g/mol. The van der Waals surface area contributed by atoms with Crippen LogP contribution in [0.5, 0.6) is 11.5 Å². The van der Waals surface area contributed by atoms with Gasteiger partial charge >= 0.3 is 0 Å². The molecule has 2 amide bonds. The second kappa shape index (κ2) is 11.3. The van der Waals surface area contributed by atoms with Crippen molar-refractivity contribution in [1.29, 1.82) is 0 Å². The molecule has 1 atom stereocenters. The number of hydrogen-bond acceptors (Lipinski definition) is 5. The molecule has 8 nitrogen and oxygen atoms in total. The van der Waals surface area contributed by atoms with Gasteiger partial charge in [-0.25, -0.2) is 0 Å². The summed E-state index contributed by atoms with van der Waals surface area (Å²) in [5, 5.41) is 0.604. The molecule has 172 valence electrons. The minimum atomic E-state index is -0.774. The number of allylic oxidation sites excluding steroid dienone is 1. The summed E-state index contributed by atoms with van der Waals surface area (Å²) in [5.41, 5.74) is 18.6. The molecule has 1 aliphatic rings. The molecule has 0 bridgehead atoms. The van der Waals surface area contributed by atoms with Gasteiger partial charge in [-0.3, -0.25) is 14.6 Å². The number of para-hydroxylation sites is 1. The number of likely N-dealkylation sites (tertiary alicyclic amines) is 1. The summed E-state index contributed by atoms with van der Waals surface area (Å²) in [4.78, 5) is 30.4. The number of amidine groups is 1. The molecule has 3 rings (SSSR count). The van der Waals surface area contributed by atoms with Crippen LogP contribution < -0.4 is 21.9 Å². The predicted molar refractivity (Wildman–Crippen MR) is 133 cm³/mol. The van der Waals surface area contributed by atoms with E-state index in [1.165, 1.54) is 6.08 Å². The first kappa shape index (κ1) is 24.1. The number of carbonyl (C=O) groups excluding carboxylic acids is 2. The Morgan fingerprint density at radius 3 is 2.36 bits per heavy atom. The van der Waals surface area contributed by atoms with Gasteiger partial charge in [0.15, 0.2) is 0 Å². The zero-order valence-electron chi connectivity index (χ0n) is 18.0. The zero-order valence-corrected chi connectivity index (χ0v) is 19.6. The van der Waals surface area contributed by atoms with Gasteiger partial charge in [0.25, 0.3) is 5.91 Å². The quantitative estimate of drug-likeness (QED) is 0.216. The van der Waals surface area contributed by atoms with Gasteiger partial charge in [-0.2, -0.15) is 0 Å². The number of carbonyl (C=O) groups is 2. The van der Waals surface area contributed by atoms with E-state index in [0.29, 0.717) is 41.9 Å². The number of alkyl halides is 1. The van der Waals surface area contributed by atoms with Crippen molar-refractivity contribution in [2.24, 2.45) is 22.2 Å². The summed E-state index contributed by atoms with van der Waals surface area (Å²) in [5.74, 6) is 0.414. The average molecular weight is 512 g/mol. The van der Waals surface area contributed by atoms with Crippen LogP contribution in [0.4, 0.5) is 0 Å². The summed E-state index contributed by atoms with van der Waals surface area (Å²) in [6.07, 6.45) is 3.88. The average Bonchev–Trinajstić information content (AvgIpc) is 3.27. The number of benzene rings is 2. The van der Waals surface area contributed by atoms with Gasteiger partial charge in [0, 0.05) is 18.4 Å². The van der Waals surface area contributed by atoms with Gasteiger partial charge in [0.2, 0.25) is 5.91 Å². The molecule has 0 saturated carbocycles. The first-order valence-corrected chi connectivity index (χ1v) is 11.5. The molecule has 2 aromatic rings. The Morgan fingerprint density at radius 2 is 1.73 bits per heavy atom. The molecule has 0 radical (unpaired) electrons. The topological polar surface area (TPSA) is 137 Å². The van der Waals surface area contributed by atoms with Crippen molar-refractivity contribution < 1.29 is 14.3 Å². The van der Waals surface area contributed by atoms with Crippen LogP contribution in [0.2, 0.25) is 0 Å². The molecule has 2 aromatic carbocycles. The Morgan fingerprint density at radius 1 is 1.06 bits per heavy atom. The summed E-state index contributed by atoms with van der Waals surface area (Å²) < 4.78 is 5.77. The van der Waals surface area contributed by atoms with E-state index in [4.69, 9.17) is 21.9 Å². The SMILES string of the molecule is NC(=O)C(C(N)=NC1CCN(C(=O)/C=C/CBr)C1)=C(N)c1ccc(Oc2ccccc2)cc1. The fraction of sp³-hybridized carbons (Fsp3) is 0.208. The number of hydrogen-bond donors (Lipinski definition) is 3. The third-order valence-electron chi connectivity index (χ3n) is 5.06. The molecule has 33 heavy (non-hydrogen) atoms. The van der Waals surface area contributed by atoms with Gasteiger partial charge in [0.1, 0.15) is 22.9 Å². The smallest absolute Gasteiger partial charge is 0.254 e. The molecule has 1 aliphatic heterocycles. The number of ether oxygens (including phenoxy) is 1. The summed E-state index contributed by atoms with van der Waals surface area (Å²) in [7, 11) is 0. The van der Waals surface area contributed by atoms with Gasteiger partial charge in [-0.1, -0.05) is 40.2 Å². The van der Waals surface area contributed by atoms with Crippen LogP contribution in [0, 0.1) is 0 Å². The van der Waals surface area contributed by atoms with Crippen LogP contribution in [0.1, 0.15) is 12.0 Å². The molecule has 1 saturated heterocycles. The van der Waals surface area contributed by atoms with E-state index in [1.54, 1.807) is 35.2 Å². The number of primary amides is 1. The summed E-state index contributed by atoms with van der Waals surface area (Å²) in [6, 6.07) is 16.0. The Bertz CT molecular complexity index is 1080. The van der Waals surface area contributed by atoms with E-state index < -0.39 is 5.91 Å². The minimum absolute atomic E-state index is 0.0417. The lowest BCUT2D eigenvalue weighted by Crippen LogP contribution is -2.32. The third-order valence-corrected chi connectivity index (χ3v) is 5.44. The lowest BCUT2D eigenvalue weighted by Gasteiger charge is -2.14. The lowest BCUT2D eigenvalue weighted by atomic mass is 10.0. The Kier molecular flexibility index (Phi) is 8.26. The highest BCUT2D eigenvalue weighted by atomic mass is 79.9. The van der Waals surface area contributed by atoms with E-state index in [-0.39, 0.29) is 29.1 Å². The fourth-order valence-corrected chi connectivity index (χ4v) is 3.61. The third kappa shape index (κ3) is 6.45.